The van der Waals surface area contributed by atoms with Gasteiger partial charge in [-0.2, -0.15) is 4.37 Å². The number of nitrogens with zero attached hydrogens (tertiary/aromatic N) is 2. The van der Waals surface area contributed by atoms with Crippen LogP contribution in [0.5, 0.6) is 0 Å². The highest BCUT2D eigenvalue weighted by molar-refractivity contribution is 7.09. The Morgan fingerprint density at radius 3 is 2.88 bits per heavy atom. The first kappa shape index (κ1) is 10.6. The molecule has 1 aliphatic heterocycles. The van der Waals surface area contributed by atoms with Gasteiger partial charge in [0.2, 0.25) is 16.9 Å². The van der Waals surface area contributed by atoms with Crippen LogP contribution >= 0.6 is 11.5 Å². The molecular formula is C10H12N4O2S. The van der Waals surface area contributed by atoms with Crippen LogP contribution in [-0.2, 0) is 9.59 Å². The Morgan fingerprint density at radius 1 is 1.41 bits per heavy atom. The van der Waals surface area contributed by atoms with E-state index >= 15 is 0 Å². The Bertz CT molecular complexity index is 469. The molecule has 2 amide bonds. The van der Waals surface area contributed by atoms with E-state index in [-0.39, 0.29) is 11.8 Å². The maximum atomic E-state index is 11.8. The fraction of sp³-hybridized carbons (Fsp3) is 0.600. The van der Waals surface area contributed by atoms with Crippen LogP contribution in [0.25, 0.3) is 0 Å². The fourth-order valence-electron chi connectivity index (χ4n) is 1.83. The lowest BCUT2D eigenvalue weighted by molar-refractivity contribution is -0.130. The molecule has 1 saturated heterocycles. The minimum absolute atomic E-state index is 0.200. The van der Waals surface area contributed by atoms with Gasteiger partial charge in [-0.25, -0.2) is 4.98 Å². The van der Waals surface area contributed by atoms with Crippen molar-refractivity contribution in [2.24, 2.45) is 5.92 Å². The fourth-order valence-corrected chi connectivity index (χ4v) is 2.48. The van der Waals surface area contributed by atoms with Crippen molar-refractivity contribution < 1.29 is 9.59 Å². The second-order valence-corrected chi connectivity index (χ2v) is 5.11. The average Bonchev–Trinajstić information content (AvgIpc) is 2.90. The number of anilines is 1. The summed E-state index contributed by atoms with van der Waals surface area (Å²) in [7, 11) is 0. The number of rotatable bonds is 3. The van der Waals surface area contributed by atoms with E-state index in [1.165, 1.54) is 11.5 Å². The van der Waals surface area contributed by atoms with E-state index in [0.717, 1.165) is 18.7 Å². The molecule has 0 spiro atoms. The number of hydrogen-bond acceptors (Lipinski definition) is 5. The quantitative estimate of drug-likeness (QED) is 0.767. The Kier molecular flexibility index (Phi) is 2.54. The Labute approximate surface area is 102 Å². The molecule has 1 aliphatic carbocycles. The van der Waals surface area contributed by atoms with Gasteiger partial charge in [-0.05, 0) is 19.3 Å². The molecule has 90 valence electrons. The molecule has 1 aromatic rings. The summed E-state index contributed by atoms with van der Waals surface area (Å²) in [5.41, 5.74) is 0. The third-order valence-corrected chi connectivity index (χ3v) is 3.62. The van der Waals surface area contributed by atoms with Crippen LogP contribution in [0.1, 0.15) is 31.0 Å². The number of amides is 2. The molecule has 17 heavy (non-hydrogen) atoms. The summed E-state index contributed by atoms with van der Waals surface area (Å²) in [6.07, 6.45) is 2.82. The predicted molar refractivity (Wildman–Crippen MR) is 61.6 cm³/mol. The molecule has 2 fully saturated rings. The maximum absolute atomic E-state index is 11.8. The maximum Gasteiger partial charge on any atom is 0.238 e. The van der Waals surface area contributed by atoms with Crippen molar-refractivity contribution in [2.45, 2.75) is 25.2 Å². The highest BCUT2D eigenvalue weighted by Gasteiger charge is 2.32. The van der Waals surface area contributed by atoms with Crippen LogP contribution in [-0.4, -0.2) is 27.7 Å². The smallest absolute Gasteiger partial charge is 0.238 e. The number of aromatic nitrogens is 2. The number of carbonyl (C=O) groups excluding carboxylic acids is 2. The molecule has 0 aromatic carbocycles. The van der Waals surface area contributed by atoms with E-state index in [1.807, 2.05) is 0 Å². The van der Waals surface area contributed by atoms with Crippen molar-refractivity contribution in [3.63, 3.8) is 0 Å². The average molecular weight is 252 g/mol. The van der Waals surface area contributed by atoms with Crippen LogP contribution < -0.4 is 10.6 Å². The van der Waals surface area contributed by atoms with E-state index in [2.05, 4.69) is 20.0 Å². The van der Waals surface area contributed by atoms with E-state index in [4.69, 9.17) is 0 Å². The normalized spacial score (nSPS) is 23.5. The zero-order valence-electron chi connectivity index (χ0n) is 9.10. The van der Waals surface area contributed by atoms with Gasteiger partial charge in [0.1, 0.15) is 11.7 Å². The predicted octanol–water partition coefficient (Wildman–Crippen LogP) is 0.490. The van der Waals surface area contributed by atoms with E-state index in [0.29, 0.717) is 24.0 Å². The van der Waals surface area contributed by atoms with Crippen molar-refractivity contribution in [3.8, 4) is 0 Å². The summed E-state index contributed by atoms with van der Waals surface area (Å²) in [5.74, 6) is 0.240. The Hall–Kier alpha value is -1.50. The van der Waals surface area contributed by atoms with Crippen LogP contribution in [0.4, 0.5) is 5.13 Å². The molecule has 7 heteroatoms. The van der Waals surface area contributed by atoms with Crippen LogP contribution in [0.15, 0.2) is 0 Å². The molecular weight excluding hydrogens is 240 g/mol. The SMILES string of the molecule is O=C1NCCC1C(=O)Nc1nc(C2CC2)ns1. The summed E-state index contributed by atoms with van der Waals surface area (Å²) in [6, 6.07) is 0. The number of nitrogens with one attached hydrogen (secondary N) is 2. The molecule has 2 N–H and O–H groups in total. The molecule has 0 radical (unpaired) electrons. The summed E-state index contributed by atoms with van der Waals surface area (Å²) in [5, 5.41) is 5.80. The first-order valence-corrected chi connectivity index (χ1v) is 6.43. The van der Waals surface area contributed by atoms with Gasteiger partial charge in [0.25, 0.3) is 0 Å². The van der Waals surface area contributed by atoms with E-state index in [1.54, 1.807) is 0 Å². The van der Waals surface area contributed by atoms with Gasteiger partial charge in [-0.1, -0.05) is 0 Å². The van der Waals surface area contributed by atoms with Gasteiger partial charge in [0.15, 0.2) is 0 Å². The number of carbonyl (C=O) groups is 2. The third-order valence-electron chi connectivity index (χ3n) is 2.98. The molecule has 1 saturated carbocycles. The summed E-state index contributed by atoms with van der Waals surface area (Å²) in [4.78, 5) is 27.4. The summed E-state index contributed by atoms with van der Waals surface area (Å²) in [6.45, 7) is 0.570. The van der Waals surface area contributed by atoms with Crippen LogP contribution in [0.3, 0.4) is 0 Å². The van der Waals surface area contributed by atoms with Crippen molar-refractivity contribution in [3.05, 3.63) is 5.82 Å². The van der Waals surface area contributed by atoms with E-state index < -0.39 is 5.92 Å². The first-order valence-electron chi connectivity index (χ1n) is 5.66. The zero-order valence-corrected chi connectivity index (χ0v) is 9.92. The number of hydrogen-bond donors (Lipinski definition) is 2. The van der Waals surface area contributed by atoms with Crippen molar-refractivity contribution in [1.82, 2.24) is 14.7 Å². The van der Waals surface area contributed by atoms with Gasteiger partial charge in [-0.3, -0.25) is 9.59 Å². The third kappa shape index (κ3) is 2.14. The lowest BCUT2D eigenvalue weighted by Gasteiger charge is -2.04. The largest absolute Gasteiger partial charge is 0.355 e. The monoisotopic (exact) mass is 252 g/mol. The van der Waals surface area contributed by atoms with Crippen molar-refractivity contribution in [1.29, 1.82) is 0 Å². The van der Waals surface area contributed by atoms with Crippen LogP contribution in [0.2, 0.25) is 0 Å². The standard InChI is InChI=1S/C10H12N4O2S/c15-8-6(3-4-11-8)9(16)13-10-12-7(14-17-10)5-1-2-5/h5-6H,1-4H2,(H,11,15)(H,12,13,14,16). The summed E-state index contributed by atoms with van der Waals surface area (Å²) >= 11 is 1.18. The Balaban J connectivity index is 1.64. The van der Waals surface area contributed by atoms with E-state index in [9.17, 15) is 9.59 Å². The molecule has 1 unspecified atom stereocenters. The second-order valence-electron chi connectivity index (χ2n) is 4.35. The molecule has 0 bridgehead atoms. The second kappa shape index (κ2) is 4.06. The first-order chi connectivity index (χ1) is 8.24. The van der Waals surface area contributed by atoms with Gasteiger partial charge in [0.05, 0.1) is 0 Å². The van der Waals surface area contributed by atoms with Gasteiger partial charge < -0.3 is 10.6 Å². The molecule has 6 nitrogen and oxygen atoms in total. The van der Waals surface area contributed by atoms with Gasteiger partial charge in [-0.15, -0.1) is 0 Å². The Morgan fingerprint density at radius 2 is 2.24 bits per heavy atom. The van der Waals surface area contributed by atoms with Gasteiger partial charge >= 0.3 is 0 Å². The molecule has 1 atom stereocenters. The lowest BCUT2D eigenvalue weighted by Crippen LogP contribution is -2.29. The topological polar surface area (TPSA) is 84.0 Å². The highest BCUT2D eigenvalue weighted by Crippen LogP contribution is 2.39. The molecule has 2 aliphatic rings. The van der Waals surface area contributed by atoms with Crippen molar-refractivity contribution >= 4 is 28.5 Å². The minimum Gasteiger partial charge on any atom is -0.355 e. The molecule has 1 aromatic heterocycles. The molecule has 2 heterocycles. The van der Waals surface area contributed by atoms with Crippen molar-refractivity contribution in [2.75, 3.05) is 11.9 Å². The summed E-state index contributed by atoms with van der Waals surface area (Å²) < 4.78 is 4.19. The minimum atomic E-state index is -0.580. The molecule has 3 rings (SSSR count). The van der Waals surface area contributed by atoms with Gasteiger partial charge in [0, 0.05) is 24.0 Å². The zero-order chi connectivity index (χ0) is 11.8. The highest BCUT2D eigenvalue weighted by atomic mass is 32.1. The van der Waals surface area contributed by atoms with Crippen LogP contribution in [0, 0.1) is 5.92 Å². The lowest BCUT2D eigenvalue weighted by atomic mass is 10.1.